The van der Waals surface area contributed by atoms with E-state index < -0.39 is 11.6 Å². The van der Waals surface area contributed by atoms with Gasteiger partial charge in [-0.05, 0) is 43.7 Å². The van der Waals surface area contributed by atoms with Gasteiger partial charge in [-0.1, -0.05) is 0 Å². The van der Waals surface area contributed by atoms with Crippen molar-refractivity contribution >= 4 is 23.6 Å². The summed E-state index contributed by atoms with van der Waals surface area (Å²) < 4.78 is 28.2. The number of piperidine rings is 1. The number of hydrogen-bond acceptors (Lipinski definition) is 7. The predicted octanol–water partition coefficient (Wildman–Crippen LogP) is 2.79. The van der Waals surface area contributed by atoms with Gasteiger partial charge in [-0.3, -0.25) is 24.3 Å². The van der Waals surface area contributed by atoms with Crippen LogP contribution in [0.1, 0.15) is 50.1 Å². The van der Waals surface area contributed by atoms with E-state index in [1.165, 1.54) is 16.0 Å². The molecule has 3 aliphatic heterocycles. The molecule has 9 nitrogen and oxygen atoms in total. The lowest BCUT2D eigenvalue weighted by atomic mass is 9.95. The van der Waals surface area contributed by atoms with Crippen molar-refractivity contribution in [3.8, 4) is 0 Å². The van der Waals surface area contributed by atoms with Gasteiger partial charge < -0.3 is 4.90 Å². The molecule has 0 bridgehead atoms. The van der Waals surface area contributed by atoms with Crippen LogP contribution in [0.4, 0.5) is 20.5 Å². The van der Waals surface area contributed by atoms with Gasteiger partial charge in [-0.25, -0.2) is 18.8 Å². The highest BCUT2D eigenvalue weighted by Gasteiger charge is 2.56. The third kappa shape index (κ3) is 3.91. The first kappa shape index (κ1) is 22.3. The zero-order chi connectivity index (χ0) is 24.2. The lowest BCUT2D eigenvalue weighted by molar-refractivity contribution is -0.182. The number of pyridine rings is 1. The molecule has 4 fully saturated rings. The van der Waals surface area contributed by atoms with Gasteiger partial charge >= 0.3 is 0 Å². The van der Waals surface area contributed by atoms with E-state index in [4.69, 9.17) is 4.84 Å². The number of rotatable bonds is 4. The summed E-state index contributed by atoms with van der Waals surface area (Å²) in [5.41, 5.74) is 0.317. The van der Waals surface area contributed by atoms with Crippen LogP contribution in [0.15, 0.2) is 24.7 Å². The SMILES string of the molecule is O=C(C1CCN(c2ncc(F)c(N3CCC4(CC4)C3=O)n2)CC1)N1OCC[C@H]1c1cncc(F)c1. The summed E-state index contributed by atoms with van der Waals surface area (Å²) >= 11 is 0. The second kappa shape index (κ2) is 8.47. The van der Waals surface area contributed by atoms with Crippen LogP contribution in [0.5, 0.6) is 0 Å². The number of aromatic nitrogens is 3. The Morgan fingerprint density at radius 3 is 2.57 bits per heavy atom. The van der Waals surface area contributed by atoms with E-state index in [1.54, 1.807) is 6.20 Å². The van der Waals surface area contributed by atoms with Crippen molar-refractivity contribution in [1.29, 1.82) is 0 Å². The van der Waals surface area contributed by atoms with E-state index in [-0.39, 0.29) is 35.0 Å². The summed E-state index contributed by atoms with van der Waals surface area (Å²) in [4.78, 5) is 47.4. The summed E-state index contributed by atoms with van der Waals surface area (Å²) in [5, 5.41) is 1.37. The number of nitrogens with zero attached hydrogens (tertiary/aromatic N) is 6. The number of carbonyl (C=O) groups excluding carboxylic acids is 2. The second-order valence-electron chi connectivity index (χ2n) is 9.83. The summed E-state index contributed by atoms with van der Waals surface area (Å²) in [5.74, 6) is -1.08. The molecule has 1 aliphatic carbocycles. The van der Waals surface area contributed by atoms with Gasteiger partial charge in [0.25, 0.3) is 0 Å². The third-order valence-corrected chi connectivity index (χ3v) is 7.69. The average Bonchev–Trinajstić information content (AvgIpc) is 3.37. The Balaban J connectivity index is 1.12. The van der Waals surface area contributed by atoms with Crippen LogP contribution >= 0.6 is 0 Å². The van der Waals surface area contributed by atoms with E-state index in [2.05, 4.69) is 15.0 Å². The van der Waals surface area contributed by atoms with E-state index in [1.807, 2.05) is 4.90 Å². The molecule has 184 valence electrons. The molecule has 0 N–H and O–H groups in total. The smallest absolute Gasteiger partial charge is 0.249 e. The minimum Gasteiger partial charge on any atom is -0.341 e. The molecule has 4 aliphatic rings. The Hall–Kier alpha value is -3.21. The first-order valence-corrected chi connectivity index (χ1v) is 12.1. The van der Waals surface area contributed by atoms with Gasteiger partial charge in [-0.15, -0.1) is 0 Å². The molecule has 2 aromatic heterocycles. The largest absolute Gasteiger partial charge is 0.341 e. The number of carbonyl (C=O) groups is 2. The van der Waals surface area contributed by atoms with Crippen LogP contribution < -0.4 is 9.80 Å². The van der Waals surface area contributed by atoms with Gasteiger partial charge in [0.1, 0.15) is 5.82 Å². The molecule has 0 unspecified atom stereocenters. The average molecular weight is 485 g/mol. The molecule has 0 radical (unpaired) electrons. The lowest BCUT2D eigenvalue weighted by Crippen LogP contribution is -2.42. The number of halogens is 2. The van der Waals surface area contributed by atoms with Crippen molar-refractivity contribution in [3.63, 3.8) is 0 Å². The highest BCUT2D eigenvalue weighted by Crippen LogP contribution is 2.54. The molecule has 2 aromatic rings. The van der Waals surface area contributed by atoms with Crippen LogP contribution in [0.25, 0.3) is 0 Å². The molecular formula is C24H26F2N6O3. The number of amides is 2. The second-order valence-corrected chi connectivity index (χ2v) is 9.83. The standard InChI is InChI=1S/C24H26F2N6O3/c25-17-11-16(12-27-13-17)19-3-10-35-32(19)21(33)15-1-7-30(8-2-15)23-28-14-18(26)20(29-23)31-9-6-24(4-5-24)22(31)34/h11-15,19H,1-10H2/t19-/m0/s1. The Morgan fingerprint density at radius 2 is 1.86 bits per heavy atom. The van der Waals surface area contributed by atoms with E-state index in [0.717, 1.165) is 31.7 Å². The van der Waals surface area contributed by atoms with E-state index in [9.17, 15) is 18.4 Å². The molecule has 1 spiro atoms. The zero-order valence-corrected chi connectivity index (χ0v) is 19.2. The molecule has 1 atom stereocenters. The van der Waals surface area contributed by atoms with Crippen LogP contribution in [0, 0.1) is 23.0 Å². The maximum atomic E-state index is 14.5. The minimum atomic E-state index is -0.603. The van der Waals surface area contributed by atoms with Gasteiger partial charge in [0.2, 0.25) is 17.8 Å². The van der Waals surface area contributed by atoms with Crippen LogP contribution in [0.3, 0.4) is 0 Å². The molecule has 1 saturated carbocycles. The van der Waals surface area contributed by atoms with Gasteiger partial charge in [0, 0.05) is 38.2 Å². The van der Waals surface area contributed by atoms with Crippen LogP contribution in [0.2, 0.25) is 0 Å². The molecule has 11 heteroatoms. The maximum absolute atomic E-state index is 14.5. The quantitative estimate of drug-likeness (QED) is 0.659. The van der Waals surface area contributed by atoms with Crippen molar-refractivity contribution < 1.29 is 23.2 Å². The fraction of sp³-hybridized carbons (Fsp3) is 0.542. The van der Waals surface area contributed by atoms with Crippen molar-refractivity contribution in [2.24, 2.45) is 11.3 Å². The van der Waals surface area contributed by atoms with Gasteiger partial charge in [0.15, 0.2) is 11.6 Å². The highest BCUT2D eigenvalue weighted by atomic mass is 19.1. The molecular weight excluding hydrogens is 458 g/mol. The Bertz CT molecular complexity index is 1170. The summed E-state index contributed by atoms with van der Waals surface area (Å²) in [6.07, 6.45) is 7.96. The first-order chi connectivity index (χ1) is 16.9. The number of hydroxylamine groups is 2. The summed E-state index contributed by atoms with van der Waals surface area (Å²) in [6, 6.07) is 1.02. The Morgan fingerprint density at radius 1 is 1.06 bits per heavy atom. The summed E-state index contributed by atoms with van der Waals surface area (Å²) in [6.45, 7) is 1.88. The molecule has 6 rings (SSSR count). The Kier molecular flexibility index (Phi) is 5.39. The Labute approximate surface area is 201 Å². The van der Waals surface area contributed by atoms with Gasteiger partial charge in [0.05, 0.1) is 30.5 Å². The maximum Gasteiger partial charge on any atom is 0.249 e. The molecule has 5 heterocycles. The fourth-order valence-electron chi connectivity index (χ4n) is 5.43. The molecule has 2 amide bonds. The highest BCUT2D eigenvalue weighted by molar-refractivity contribution is 6.01. The first-order valence-electron chi connectivity index (χ1n) is 12.1. The normalized spacial score (nSPS) is 24.0. The monoisotopic (exact) mass is 484 g/mol. The summed E-state index contributed by atoms with van der Waals surface area (Å²) in [7, 11) is 0. The van der Waals surface area contributed by atoms with Crippen molar-refractivity contribution in [2.75, 3.05) is 36.0 Å². The molecule has 35 heavy (non-hydrogen) atoms. The van der Waals surface area contributed by atoms with Gasteiger partial charge in [-0.2, -0.15) is 4.98 Å². The fourth-order valence-corrected chi connectivity index (χ4v) is 5.43. The van der Waals surface area contributed by atoms with Crippen LogP contribution in [-0.4, -0.2) is 58.1 Å². The molecule has 3 saturated heterocycles. The van der Waals surface area contributed by atoms with Crippen molar-refractivity contribution in [2.45, 2.75) is 44.6 Å². The number of anilines is 2. The zero-order valence-electron chi connectivity index (χ0n) is 19.2. The lowest BCUT2D eigenvalue weighted by Gasteiger charge is -2.34. The minimum absolute atomic E-state index is 0.0407. The van der Waals surface area contributed by atoms with Crippen molar-refractivity contribution in [3.05, 3.63) is 41.9 Å². The van der Waals surface area contributed by atoms with Crippen molar-refractivity contribution in [1.82, 2.24) is 20.0 Å². The topological polar surface area (TPSA) is 91.8 Å². The molecule has 0 aromatic carbocycles. The number of hydrogen-bond donors (Lipinski definition) is 0. The van der Waals surface area contributed by atoms with E-state index >= 15 is 0 Å². The predicted molar refractivity (Wildman–Crippen MR) is 120 cm³/mol. The van der Waals surface area contributed by atoms with E-state index in [0.29, 0.717) is 57.0 Å². The van der Waals surface area contributed by atoms with Crippen LogP contribution in [-0.2, 0) is 14.4 Å². The third-order valence-electron chi connectivity index (χ3n) is 7.69.